The molecule has 0 bridgehead atoms. The van der Waals surface area contributed by atoms with Crippen LogP contribution in [0.4, 0.5) is 0 Å². The van der Waals surface area contributed by atoms with Crippen molar-refractivity contribution < 1.29 is 9.90 Å². The van der Waals surface area contributed by atoms with Crippen molar-refractivity contribution in [1.29, 1.82) is 0 Å². The number of allylic oxidation sites excluding steroid dienone is 1. The Kier molecular flexibility index (Phi) is 20.2. The van der Waals surface area contributed by atoms with Gasteiger partial charge in [-0.05, 0) is 12.8 Å². The smallest absolute Gasteiger partial charge is 0.290 e. The van der Waals surface area contributed by atoms with E-state index in [1.165, 1.54) is 51.4 Å². The molecular weight excluding hydrogens is 176 g/mol. The molecule has 2 heteroatoms. The third-order valence-electron chi connectivity index (χ3n) is 2.01. The molecule has 84 valence electrons. The lowest BCUT2D eigenvalue weighted by Gasteiger charge is -1.98. The second kappa shape index (κ2) is 18.1. The monoisotopic (exact) mass is 200 g/mol. The molecular formula is C12H24O2. The Bertz CT molecular complexity index is 111. The van der Waals surface area contributed by atoms with Crippen molar-refractivity contribution in [2.45, 2.75) is 58.3 Å². The minimum atomic E-state index is -0.250. The van der Waals surface area contributed by atoms with Crippen molar-refractivity contribution in [3.63, 3.8) is 0 Å². The molecule has 0 fully saturated rings. The summed E-state index contributed by atoms with van der Waals surface area (Å²) in [7, 11) is 0. The first-order valence-corrected chi connectivity index (χ1v) is 5.52. The molecule has 0 radical (unpaired) electrons. The largest absolute Gasteiger partial charge is 0.483 e. The number of carboxylic acid groups (broad SMARTS) is 1. The fourth-order valence-corrected chi connectivity index (χ4v) is 1.25. The molecule has 0 amide bonds. The maximum Gasteiger partial charge on any atom is 0.290 e. The van der Waals surface area contributed by atoms with Crippen molar-refractivity contribution >= 4 is 6.47 Å². The standard InChI is InChI=1S/C11H22.CH2O2/c1-3-5-7-9-11-10-8-6-4-2;2-1-3/h3H,1,4-11H2,2H3;1H,(H,2,3). The highest BCUT2D eigenvalue weighted by atomic mass is 16.3. The van der Waals surface area contributed by atoms with Gasteiger partial charge in [0, 0.05) is 0 Å². The Morgan fingerprint density at radius 3 is 1.93 bits per heavy atom. The Morgan fingerprint density at radius 2 is 1.50 bits per heavy atom. The van der Waals surface area contributed by atoms with Crippen molar-refractivity contribution in [2.75, 3.05) is 0 Å². The molecule has 0 atom stereocenters. The van der Waals surface area contributed by atoms with E-state index in [9.17, 15) is 0 Å². The fraction of sp³-hybridized carbons (Fsp3) is 0.750. The summed E-state index contributed by atoms with van der Waals surface area (Å²) in [5, 5.41) is 6.89. The van der Waals surface area contributed by atoms with Gasteiger partial charge in [0.25, 0.3) is 6.47 Å². The molecule has 0 saturated heterocycles. The van der Waals surface area contributed by atoms with Gasteiger partial charge in [-0.3, -0.25) is 4.79 Å². The third-order valence-corrected chi connectivity index (χ3v) is 2.01. The quantitative estimate of drug-likeness (QED) is 0.365. The van der Waals surface area contributed by atoms with E-state index >= 15 is 0 Å². The van der Waals surface area contributed by atoms with Crippen molar-refractivity contribution in [3.8, 4) is 0 Å². The molecule has 2 nitrogen and oxygen atoms in total. The minimum absolute atomic E-state index is 0.250. The van der Waals surface area contributed by atoms with Crippen LogP contribution in [0.3, 0.4) is 0 Å². The molecule has 0 aromatic rings. The highest BCUT2D eigenvalue weighted by Gasteiger charge is 1.88. The van der Waals surface area contributed by atoms with Gasteiger partial charge in [0.05, 0.1) is 0 Å². The molecule has 0 heterocycles. The van der Waals surface area contributed by atoms with Crippen molar-refractivity contribution in [3.05, 3.63) is 12.7 Å². The summed E-state index contributed by atoms with van der Waals surface area (Å²) in [6.07, 6.45) is 13.0. The van der Waals surface area contributed by atoms with Crippen LogP contribution >= 0.6 is 0 Å². The van der Waals surface area contributed by atoms with Gasteiger partial charge in [-0.15, -0.1) is 6.58 Å². The Morgan fingerprint density at radius 1 is 1.07 bits per heavy atom. The summed E-state index contributed by atoms with van der Waals surface area (Å²) >= 11 is 0. The Labute approximate surface area is 88.0 Å². The lowest BCUT2D eigenvalue weighted by Crippen LogP contribution is -1.78. The highest BCUT2D eigenvalue weighted by Crippen LogP contribution is 2.07. The van der Waals surface area contributed by atoms with E-state index in [2.05, 4.69) is 13.5 Å². The predicted octanol–water partition coefficient (Wildman–Crippen LogP) is 4.01. The van der Waals surface area contributed by atoms with Crippen LogP contribution in [-0.4, -0.2) is 11.6 Å². The van der Waals surface area contributed by atoms with E-state index < -0.39 is 0 Å². The summed E-state index contributed by atoms with van der Waals surface area (Å²) in [6.45, 7) is 5.72. The second-order valence-electron chi connectivity index (χ2n) is 3.30. The molecule has 0 unspecified atom stereocenters. The number of unbranched alkanes of at least 4 members (excludes halogenated alkanes) is 7. The van der Waals surface area contributed by atoms with Gasteiger partial charge in [0.1, 0.15) is 0 Å². The highest BCUT2D eigenvalue weighted by molar-refractivity contribution is 5.32. The summed E-state index contributed by atoms with van der Waals surface area (Å²) in [5.74, 6) is 0. The van der Waals surface area contributed by atoms with E-state index in [-0.39, 0.29) is 6.47 Å². The Balaban J connectivity index is 0. The van der Waals surface area contributed by atoms with E-state index in [0.717, 1.165) is 0 Å². The molecule has 0 aliphatic rings. The van der Waals surface area contributed by atoms with Gasteiger partial charge >= 0.3 is 0 Å². The average Bonchev–Trinajstić information content (AvgIpc) is 2.18. The predicted molar refractivity (Wildman–Crippen MR) is 61.5 cm³/mol. The van der Waals surface area contributed by atoms with E-state index in [4.69, 9.17) is 9.90 Å². The van der Waals surface area contributed by atoms with Crippen LogP contribution in [0.25, 0.3) is 0 Å². The van der Waals surface area contributed by atoms with Gasteiger partial charge < -0.3 is 5.11 Å². The number of carbonyl (C=O) groups is 1. The number of rotatable bonds is 8. The first-order chi connectivity index (χ1) is 6.83. The lowest BCUT2D eigenvalue weighted by molar-refractivity contribution is -0.122. The van der Waals surface area contributed by atoms with E-state index in [1.54, 1.807) is 0 Å². The van der Waals surface area contributed by atoms with Crippen molar-refractivity contribution in [1.82, 2.24) is 0 Å². The lowest BCUT2D eigenvalue weighted by atomic mass is 10.1. The maximum absolute atomic E-state index is 8.36. The Hall–Kier alpha value is -0.790. The molecule has 1 N–H and O–H groups in total. The van der Waals surface area contributed by atoms with Crippen LogP contribution in [0.2, 0.25) is 0 Å². The van der Waals surface area contributed by atoms with Gasteiger partial charge in [0.15, 0.2) is 0 Å². The van der Waals surface area contributed by atoms with Crippen LogP contribution in [0.15, 0.2) is 12.7 Å². The van der Waals surface area contributed by atoms with E-state index in [1.807, 2.05) is 6.08 Å². The van der Waals surface area contributed by atoms with Crippen LogP contribution < -0.4 is 0 Å². The summed E-state index contributed by atoms with van der Waals surface area (Å²) < 4.78 is 0. The van der Waals surface area contributed by atoms with Gasteiger partial charge in [-0.1, -0.05) is 51.5 Å². The minimum Gasteiger partial charge on any atom is -0.483 e. The SMILES string of the molecule is C=CCCCCCCCCC.O=CO. The van der Waals surface area contributed by atoms with Crippen LogP contribution in [0.1, 0.15) is 58.3 Å². The second-order valence-corrected chi connectivity index (χ2v) is 3.30. The zero-order valence-electron chi connectivity index (χ0n) is 9.37. The molecule has 0 rings (SSSR count). The fourth-order valence-electron chi connectivity index (χ4n) is 1.25. The number of hydrogen-bond acceptors (Lipinski definition) is 1. The molecule has 14 heavy (non-hydrogen) atoms. The molecule has 0 aliphatic heterocycles. The first-order valence-electron chi connectivity index (χ1n) is 5.52. The zero-order valence-corrected chi connectivity index (χ0v) is 9.37. The van der Waals surface area contributed by atoms with Crippen LogP contribution in [0, 0.1) is 0 Å². The molecule has 0 spiro atoms. The number of hydrogen-bond donors (Lipinski definition) is 1. The topological polar surface area (TPSA) is 37.3 Å². The normalized spacial score (nSPS) is 8.64. The molecule has 0 aromatic carbocycles. The third kappa shape index (κ3) is 22.5. The first kappa shape index (κ1) is 15.7. The average molecular weight is 200 g/mol. The van der Waals surface area contributed by atoms with Crippen molar-refractivity contribution in [2.24, 2.45) is 0 Å². The summed E-state index contributed by atoms with van der Waals surface area (Å²) in [4.78, 5) is 8.36. The zero-order chi connectivity index (χ0) is 11.1. The summed E-state index contributed by atoms with van der Waals surface area (Å²) in [6, 6.07) is 0. The van der Waals surface area contributed by atoms with Gasteiger partial charge in [-0.25, -0.2) is 0 Å². The molecule has 0 saturated carbocycles. The summed E-state index contributed by atoms with van der Waals surface area (Å²) in [5.41, 5.74) is 0. The van der Waals surface area contributed by atoms with Crippen LogP contribution in [-0.2, 0) is 4.79 Å². The molecule has 0 aromatic heterocycles. The van der Waals surface area contributed by atoms with Gasteiger partial charge in [-0.2, -0.15) is 0 Å². The van der Waals surface area contributed by atoms with Crippen LogP contribution in [0.5, 0.6) is 0 Å². The maximum atomic E-state index is 8.36. The van der Waals surface area contributed by atoms with Gasteiger partial charge in [0.2, 0.25) is 0 Å². The molecule has 0 aliphatic carbocycles. The van der Waals surface area contributed by atoms with E-state index in [0.29, 0.717) is 0 Å².